The van der Waals surface area contributed by atoms with Gasteiger partial charge in [-0.05, 0) is 42.8 Å². The van der Waals surface area contributed by atoms with Crippen molar-refractivity contribution in [3.8, 4) is 11.3 Å². The molecule has 32 heavy (non-hydrogen) atoms. The second-order valence-electron chi connectivity index (χ2n) is 7.40. The minimum atomic E-state index is -0.993. The Morgan fingerprint density at radius 2 is 1.91 bits per heavy atom. The number of rotatable bonds is 7. The molecule has 0 saturated heterocycles. The predicted octanol–water partition coefficient (Wildman–Crippen LogP) is 3.13. The van der Waals surface area contributed by atoms with E-state index in [-0.39, 0.29) is 30.6 Å². The van der Waals surface area contributed by atoms with Gasteiger partial charge in [0.1, 0.15) is 6.54 Å². The predicted molar refractivity (Wildman–Crippen MR) is 116 cm³/mol. The first-order valence-corrected chi connectivity index (χ1v) is 10.2. The fraction of sp³-hybridized carbons (Fsp3) is 0.217. The number of benzene rings is 2. The molecule has 2 aromatic carbocycles. The number of fused-ring (bicyclic) bond motifs is 1. The molecule has 0 aliphatic rings. The molecule has 0 aliphatic carbocycles. The fourth-order valence-corrected chi connectivity index (χ4v) is 3.44. The molecule has 1 N–H and O–H groups in total. The first-order chi connectivity index (χ1) is 15.4. The summed E-state index contributed by atoms with van der Waals surface area (Å²) >= 11 is 0. The quantitative estimate of drug-likeness (QED) is 0.482. The largest absolute Gasteiger partial charge is 0.350 e. The SMILES string of the molecule is CC[C@@H](Cn1nc(-c2ccc(F)c(F)c2)ccc1=O)NC(=O)Cn1cnc2ccccc21. The molecule has 2 aromatic heterocycles. The number of halogens is 2. The Balaban J connectivity index is 1.48. The number of carbonyl (C=O) groups is 1. The maximum Gasteiger partial charge on any atom is 0.266 e. The highest BCUT2D eigenvalue weighted by atomic mass is 19.2. The summed E-state index contributed by atoms with van der Waals surface area (Å²) in [6.45, 7) is 2.12. The monoisotopic (exact) mass is 437 g/mol. The van der Waals surface area contributed by atoms with E-state index in [1.54, 1.807) is 10.9 Å². The van der Waals surface area contributed by atoms with E-state index in [0.717, 1.165) is 23.2 Å². The smallest absolute Gasteiger partial charge is 0.266 e. The molecule has 0 aliphatic heterocycles. The number of hydrogen-bond donors (Lipinski definition) is 1. The van der Waals surface area contributed by atoms with Crippen LogP contribution >= 0.6 is 0 Å². The van der Waals surface area contributed by atoms with Gasteiger partial charge < -0.3 is 9.88 Å². The average molecular weight is 437 g/mol. The van der Waals surface area contributed by atoms with Crippen molar-refractivity contribution in [2.45, 2.75) is 32.5 Å². The van der Waals surface area contributed by atoms with E-state index >= 15 is 0 Å². The first-order valence-electron chi connectivity index (χ1n) is 10.2. The van der Waals surface area contributed by atoms with Gasteiger partial charge >= 0.3 is 0 Å². The zero-order valence-corrected chi connectivity index (χ0v) is 17.3. The molecule has 0 unspecified atom stereocenters. The van der Waals surface area contributed by atoms with E-state index in [1.165, 1.54) is 22.9 Å². The molecule has 0 bridgehead atoms. The zero-order chi connectivity index (χ0) is 22.7. The topological polar surface area (TPSA) is 81.8 Å². The Hall–Kier alpha value is -3.88. The van der Waals surface area contributed by atoms with E-state index in [2.05, 4.69) is 15.4 Å². The van der Waals surface area contributed by atoms with E-state index in [0.29, 0.717) is 17.7 Å². The standard InChI is InChI=1S/C23H21F2N5O2/c1-2-16(27-22(31)13-29-14-26-20-5-3-4-6-21(20)29)12-30-23(32)10-9-19(28-30)15-7-8-17(24)18(25)11-15/h3-11,14,16H,2,12-13H2,1H3,(H,27,31)/t16-/m0/s1. The van der Waals surface area contributed by atoms with Crippen LogP contribution in [0.1, 0.15) is 13.3 Å². The molecule has 2 heterocycles. The highest BCUT2D eigenvalue weighted by Gasteiger charge is 2.15. The number of hydrogen-bond acceptors (Lipinski definition) is 4. The lowest BCUT2D eigenvalue weighted by molar-refractivity contribution is -0.122. The Morgan fingerprint density at radius 1 is 1.09 bits per heavy atom. The molecule has 9 heteroatoms. The van der Waals surface area contributed by atoms with Crippen molar-refractivity contribution in [2.75, 3.05) is 0 Å². The summed E-state index contributed by atoms with van der Waals surface area (Å²) in [6, 6.07) is 13.4. The number of aromatic nitrogens is 4. The van der Waals surface area contributed by atoms with Gasteiger partial charge in [0.15, 0.2) is 11.6 Å². The van der Waals surface area contributed by atoms with E-state index in [1.807, 2.05) is 31.2 Å². The zero-order valence-electron chi connectivity index (χ0n) is 17.3. The molecule has 164 valence electrons. The molecule has 0 saturated carbocycles. The first kappa shape index (κ1) is 21.4. The van der Waals surface area contributed by atoms with Crippen LogP contribution in [-0.4, -0.2) is 31.3 Å². The van der Waals surface area contributed by atoms with Crippen molar-refractivity contribution in [2.24, 2.45) is 0 Å². The minimum Gasteiger partial charge on any atom is -0.350 e. The van der Waals surface area contributed by atoms with Gasteiger partial charge in [0.25, 0.3) is 5.56 Å². The van der Waals surface area contributed by atoms with Gasteiger partial charge in [0.2, 0.25) is 5.91 Å². The van der Waals surface area contributed by atoms with Crippen LogP contribution in [0.5, 0.6) is 0 Å². The van der Waals surface area contributed by atoms with Crippen LogP contribution in [0.3, 0.4) is 0 Å². The van der Waals surface area contributed by atoms with Gasteiger partial charge in [-0.1, -0.05) is 19.1 Å². The maximum atomic E-state index is 13.6. The molecule has 0 spiro atoms. The van der Waals surface area contributed by atoms with Crippen molar-refractivity contribution in [3.63, 3.8) is 0 Å². The second-order valence-corrected chi connectivity index (χ2v) is 7.40. The van der Waals surface area contributed by atoms with Crippen LogP contribution in [0.25, 0.3) is 22.3 Å². The third kappa shape index (κ3) is 4.56. The Bertz CT molecular complexity index is 1330. The van der Waals surface area contributed by atoms with Gasteiger partial charge in [-0.3, -0.25) is 9.59 Å². The fourth-order valence-electron chi connectivity index (χ4n) is 3.44. The molecule has 4 rings (SSSR count). The van der Waals surface area contributed by atoms with Crippen LogP contribution < -0.4 is 10.9 Å². The van der Waals surface area contributed by atoms with Crippen LogP contribution in [-0.2, 0) is 17.9 Å². The van der Waals surface area contributed by atoms with Gasteiger partial charge in [0, 0.05) is 17.7 Å². The molecular weight excluding hydrogens is 416 g/mol. The van der Waals surface area contributed by atoms with E-state index in [9.17, 15) is 18.4 Å². The maximum absolute atomic E-state index is 13.6. The Kier molecular flexibility index (Phi) is 6.07. The van der Waals surface area contributed by atoms with Crippen LogP contribution in [0.2, 0.25) is 0 Å². The lowest BCUT2D eigenvalue weighted by atomic mass is 10.1. The third-order valence-electron chi connectivity index (χ3n) is 5.17. The number of nitrogens with zero attached hydrogens (tertiary/aromatic N) is 4. The number of para-hydroxylation sites is 2. The van der Waals surface area contributed by atoms with Gasteiger partial charge in [0.05, 0.1) is 29.6 Å². The minimum absolute atomic E-state index is 0.0915. The Labute approximate surface area is 182 Å². The molecule has 1 amide bonds. The summed E-state index contributed by atoms with van der Waals surface area (Å²) < 4.78 is 29.8. The average Bonchev–Trinajstić information content (AvgIpc) is 3.19. The lowest BCUT2D eigenvalue weighted by Crippen LogP contribution is -2.41. The highest BCUT2D eigenvalue weighted by molar-refractivity contribution is 5.80. The molecular formula is C23H21F2N5O2. The summed E-state index contributed by atoms with van der Waals surface area (Å²) in [7, 11) is 0. The third-order valence-corrected chi connectivity index (χ3v) is 5.17. The van der Waals surface area contributed by atoms with Crippen LogP contribution in [0.4, 0.5) is 8.78 Å². The Morgan fingerprint density at radius 3 is 2.69 bits per heavy atom. The lowest BCUT2D eigenvalue weighted by Gasteiger charge is -2.18. The van der Waals surface area contributed by atoms with Crippen LogP contribution in [0.15, 0.2) is 65.7 Å². The number of amides is 1. The number of nitrogens with one attached hydrogen (secondary N) is 1. The molecule has 1 atom stereocenters. The summed E-state index contributed by atoms with van der Waals surface area (Å²) in [6.07, 6.45) is 2.18. The van der Waals surface area contributed by atoms with Crippen molar-refractivity contribution < 1.29 is 13.6 Å². The van der Waals surface area contributed by atoms with Crippen molar-refractivity contribution in [3.05, 3.63) is 82.9 Å². The summed E-state index contributed by atoms with van der Waals surface area (Å²) in [5.74, 6) is -2.17. The second kappa shape index (κ2) is 9.09. The highest BCUT2D eigenvalue weighted by Crippen LogP contribution is 2.18. The van der Waals surface area contributed by atoms with Gasteiger partial charge in [-0.2, -0.15) is 5.10 Å². The van der Waals surface area contributed by atoms with E-state index < -0.39 is 11.6 Å². The summed E-state index contributed by atoms with van der Waals surface area (Å²) in [5.41, 5.74) is 1.98. The summed E-state index contributed by atoms with van der Waals surface area (Å²) in [5, 5.41) is 7.20. The molecule has 4 aromatic rings. The van der Waals surface area contributed by atoms with Gasteiger partial charge in [-0.15, -0.1) is 0 Å². The van der Waals surface area contributed by atoms with Crippen LogP contribution in [0, 0.1) is 11.6 Å². The normalized spacial score (nSPS) is 12.1. The summed E-state index contributed by atoms with van der Waals surface area (Å²) in [4.78, 5) is 29.2. The van der Waals surface area contributed by atoms with E-state index in [4.69, 9.17) is 0 Å². The van der Waals surface area contributed by atoms with Gasteiger partial charge in [-0.25, -0.2) is 18.4 Å². The molecule has 0 radical (unpaired) electrons. The number of carbonyl (C=O) groups excluding carboxylic acids is 1. The van der Waals surface area contributed by atoms with Crippen molar-refractivity contribution in [1.29, 1.82) is 0 Å². The van der Waals surface area contributed by atoms with Crippen molar-refractivity contribution >= 4 is 16.9 Å². The molecule has 0 fully saturated rings. The number of imidazole rings is 1. The molecule has 7 nitrogen and oxygen atoms in total. The van der Waals surface area contributed by atoms with Crippen molar-refractivity contribution in [1.82, 2.24) is 24.6 Å².